The zero-order chi connectivity index (χ0) is 13.7. The van der Waals surface area contributed by atoms with E-state index in [1.807, 2.05) is 24.3 Å². The molecule has 2 rings (SSSR count). The van der Waals surface area contributed by atoms with Crippen molar-refractivity contribution < 1.29 is 4.74 Å². The second-order valence-corrected chi connectivity index (χ2v) is 4.92. The van der Waals surface area contributed by atoms with Crippen molar-refractivity contribution in [2.75, 3.05) is 7.11 Å². The van der Waals surface area contributed by atoms with E-state index in [2.05, 4.69) is 31.3 Å². The van der Waals surface area contributed by atoms with Crippen LogP contribution in [0.5, 0.6) is 5.88 Å². The van der Waals surface area contributed by atoms with Gasteiger partial charge in [-0.3, -0.25) is 16.3 Å². The molecule has 2 aromatic rings. The highest BCUT2D eigenvalue weighted by Crippen LogP contribution is 2.23. The highest BCUT2D eigenvalue weighted by molar-refractivity contribution is 9.10. The molecule has 1 aromatic heterocycles. The number of nitrogens with one attached hydrogen (secondary N) is 1. The third kappa shape index (κ3) is 3.50. The van der Waals surface area contributed by atoms with Crippen LogP contribution < -0.4 is 16.0 Å². The number of methoxy groups -OCH3 is 1. The Balaban J connectivity index is 2.22. The number of ether oxygens (including phenoxy) is 1. The van der Waals surface area contributed by atoms with E-state index in [-0.39, 0.29) is 6.04 Å². The smallest absolute Gasteiger partial charge is 0.237 e. The molecular weight excluding hydrogens is 308 g/mol. The van der Waals surface area contributed by atoms with Crippen molar-refractivity contribution in [3.63, 3.8) is 0 Å². The first kappa shape index (κ1) is 13.9. The number of hydrazine groups is 1. The number of benzene rings is 1. The minimum absolute atomic E-state index is 0.148. The Morgan fingerprint density at radius 3 is 2.58 bits per heavy atom. The lowest BCUT2D eigenvalue weighted by Gasteiger charge is -2.17. The lowest BCUT2D eigenvalue weighted by molar-refractivity contribution is 0.377. The van der Waals surface area contributed by atoms with Gasteiger partial charge >= 0.3 is 0 Å². The summed E-state index contributed by atoms with van der Waals surface area (Å²) in [4.78, 5) is 8.43. The van der Waals surface area contributed by atoms with E-state index in [0.29, 0.717) is 18.0 Å². The van der Waals surface area contributed by atoms with Crippen LogP contribution in [0.4, 0.5) is 0 Å². The first-order valence-electron chi connectivity index (χ1n) is 5.80. The molecule has 0 saturated carbocycles. The van der Waals surface area contributed by atoms with Crippen molar-refractivity contribution in [3.05, 3.63) is 52.4 Å². The van der Waals surface area contributed by atoms with Gasteiger partial charge in [0.1, 0.15) is 5.69 Å². The van der Waals surface area contributed by atoms with Gasteiger partial charge in [-0.1, -0.05) is 28.1 Å². The van der Waals surface area contributed by atoms with Gasteiger partial charge in [0.05, 0.1) is 13.2 Å². The summed E-state index contributed by atoms with van der Waals surface area (Å²) in [5, 5.41) is 0. The number of hydrogen-bond donors (Lipinski definition) is 2. The van der Waals surface area contributed by atoms with Gasteiger partial charge < -0.3 is 4.74 Å². The topological polar surface area (TPSA) is 73.1 Å². The highest BCUT2D eigenvalue weighted by atomic mass is 79.9. The SMILES string of the molecule is COc1nccnc1C(Cc1ccc(Br)cc1)NN. The number of nitrogens with zero attached hydrogens (tertiary/aromatic N) is 2. The van der Waals surface area contributed by atoms with Crippen LogP contribution in [0.3, 0.4) is 0 Å². The predicted molar refractivity (Wildman–Crippen MR) is 76.5 cm³/mol. The van der Waals surface area contributed by atoms with Crippen molar-refractivity contribution in [2.45, 2.75) is 12.5 Å². The molecule has 0 radical (unpaired) electrons. The van der Waals surface area contributed by atoms with Gasteiger partial charge in [-0.05, 0) is 24.1 Å². The average Bonchev–Trinajstić information content (AvgIpc) is 2.46. The first-order valence-corrected chi connectivity index (χ1v) is 6.59. The van der Waals surface area contributed by atoms with Crippen LogP contribution in [-0.4, -0.2) is 17.1 Å². The summed E-state index contributed by atoms with van der Waals surface area (Å²) in [6.45, 7) is 0. The Hall–Kier alpha value is -1.50. The van der Waals surface area contributed by atoms with E-state index in [9.17, 15) is 0 Å². The molecule has 0 aliphatic carbocycles. The molecule has 1 aromatic carbocycles. The maximum absolute atomic E-state index is 5.62. The van der Waals surface area contributed by atoms with Crippen LogP contribution in [-0.2, 0) is 6.42 Å². The number of nitrogens with two attached hydrogens (primary N) is 1. The molecule has 5 nitrogen and oxygen atoms in total. The molecule has 0 spiro atoms. The summed E-state index contributed by atoms with van der Waals surface area (Å²) < 4.78 is 6.26. The van der Waals surface area contributed by atoms with Crippen molar-refractivity contribution in [3.8, 4) is 5.88 Å². The second-order valence-electron chi connectivity index (χ2n) is 4.00. The molecule has 0 amide bonds. The fourth-order valence-electron chi connectivity index (χ4n) is 1.82. The van der Waals surface area contributed by atoms with Crippen molar-refractivity contribution in [2.24, 2.45) is 5.84 Å². The van der Waals surface area contributed by atoms with E-state index < -0.39 is 0 Å². The molecule has 1 unspecified atom stereocenters. The van der Waals surface area contributed by atoms with Gasteiger partial charge in [-0.2, -0.15) is 0 Å². The largest absolute Gasteiger partial charge is 0.480 e. The lowest BCUT2D eigenvalue weighted by Crippen LogP contribution is -2.30. The van der Waals surface area contributed by atoms with Crippen molar-refractivity contribution >= 4 is 15.9 Å². The molecule has 1 atom stereocenters. The monoisotopic (exact) mass is 322 g/mol. The van der Waals surface area contributed by atoms with Gasteiger partial charge in [0.15, 0.2) is 0 Å². The van der Waals surface area contributed by atoms with E-state index in [4.69, 9.17) is 10.6 Å². The number of halogens is 1. The number of hydrogen-bond acceptors (Lipinski definition) is 5. The van der Waals surface area contributed by atoms with Crippen LogP contribution in [0.2, 0.25) is 0 Å². The van der Waals surface area contributed by atoms with E-state index in [0.717, 1.165) is 10.0 Å². The summed E-state index contributed by atoms with van der Waals surface area (Å²) in [5.74, 6) is 6.11. The Morgan fingerprint density at radius 2 is 1.95 bits per heavy atom. The van der Waals surface area contributed by atoms with Crippen LogP contribution in [0.15, 0.2) is 41.1 Å². The van der Waals surface area contributed by atoms with E-state index in [1.54, 1.807) is 19.5 Å². The molecule has 0 aliphatic heterocycles. The van der Waals surface area contributed by atoms with Crippen molar-refractivity contribution in [1.82, 2.24) is 15.4 Å². The molecular formula is C13H15BrN4O. The first-order chi connectivity index (χ1) is 9.24. The molecule has 6 heteroatoms. The minimum atomic E-state index is -0.148. The molecule has 100 valence electrons. The van der Waals surface area contributed by atoms with Gasteiger partial charge in [-0.15, -0.1) is 0 Å². The normalized spacial score (nSPS) is 12.2. The molecule has 3 N–H and O–H groups in total. The molecule has 19 heavy (non-hydrogen) atoms. The standard InChI is InChI=1S/C13H15BrN4O/c1-19-13-12(16-6-7-17-13)11(18-15)8-9-2-4-10(14)5-3-9/h2-7,11,18H,8,15H2,1H3. The predicted octanol–water partition coefficient (Wildman–Crippen LogP) is 1.99. The molecule has 0 bridgehead atoms. The fourth-order valence-corrected chi connectivity index (χ4v) is 2.09. The quantitative estimate of drug-likeness (QED) is 0.650. The third-order valence-corrected chi connectivity index (χ3v) is 3.30. The summed E-state index contributed by atoms with van der Waals surface area (Å²) in [6.07, 6.45) is 3.93. The zero-order valence-corrected chi connectivity index (χ0v) is 12.1. The van der Waals surface area contributed by atoms with Crippen molar-refractivity contribution in [1.29, 1.82) is 0 Å². The van der Waals surface area contributed by atoms with Gasteiger partial charge in [-0.25, -0.2) is 4.98 Å². The van der Waals surface area contributed by atoms with E-state index in [1.165, 1.54) is 0 Å². The molecule has 0 saturated heterocycles. The minimum Gasteiger partial charge on any atom is -0.480 e. The molecule has 0 aliphatic rings. The van der Waals surface area contributed by atoms with Gasteiger partial charge in [0, 0.05) is 16.9 Å². The molecule has 1 heterocycles. The van der Waals surface area contributed by atoms with Crippen LogP contribution in [0.25, 0.3) is 0 Å². The number of aromatic nitrogens is 2. The second kappa shape index (κ2) is 6.60. The summed E-state index contributed by atoms with van der Waals surface area (Å²) in [6, 6.07) is 7.92. The van der Waals surface area contributed by atoms with Crippen LogP contribution >= 0.6 is 15.9 Å². The summed E-state index contributed by atoms with van der Waals surface area (Å²) in [5.41, 5.74) is 4.62. The molecule has 0 fully saturated rings. The fraction of sp³-hybridized carbons (Fsp3) is 0.231. The average molecular weight is 323 g/mol. The zero-order valence-electron chi connectivity index (χ0n) is 10.5. The maximum Gasteiger partial charge on any atom is 0.237 e. The van der Waals surface area contributed by atoms with Gasteiger partial charge in [0.2, 0.25) is 5.88 Å². The highest BCUT2D eigenvalue weighted by Gasteiger charge is 2.17. The maximum atomic E-state index is 5.62. The Kier molecular flexibility index (Phi) is 4.84. The Morgan fingerprint density at radius 1 is 1.26 bits per heavy atom. The van der Waals surface area contributed by atoms with Gasteiger partial charge in [0.25, 0.3) is 0 Å². The van der Waals surface area contributed by atoms with Crippen LogP contribution in [0, 0.1) is 0 Å². The number of rotatable bonds is 5. The van der Waals surface area contributed by atoms with E-state index >= 15 is 0 Å². The Labute approximate surface area is 120 Å². The summed E-state index contributed by atoms with van der Waals surface area (Å²) in [7, 11) is 1.57. The third-order valence-electron chi connectivity index (χ3n) is 2.77. The van der Waals surface area contributed by atoms with Crippen LogP contribution in [0.1, 0.15) is 17.3 Å². The summed E-state index contributed by atoms with van der Waals surface area (Å²) >= 11 is 3.41. The Bertz CT molecular complexity index is 532. The lowest BCUT2D eigenvalue weighted by atomic mass is 10.0.